The van der Waals surface area contributed by atoms with Gasteiger partial charge in [0, 0.05) is 36.1 Å². The standard InChI is InChI=1S/C22H22FN3OS/c1-28-17-7-4-15(5-8-17)13-25-21-18-12-16(23)6-9-20(18)24-14-19(21)22(27)26-10-2-3-11-26/h4-9,12,14H,2-3,10-11,13H2,1H3,(H,24,25). The van der Waals surface area contributed by atoms with Crippen LogP contribution in [0.1, 0.15) is 28.8 Å². The summed E-state index contributed by atoms with van der Waals surface area (Å²) < 4.78 is 13.9. The molecular formula is C22H22FN3OS. The number of carbonyl (C=O) groups is 1. The van der Waals surface area contributed by atoms with E-state index in [0.29, 0.717) is 28.7 Å². The van der Waals surface area contributed by atoms with E-state index in [0.717, 1.165) is 31.5 Å². The Morgan fingerprint density at radius 2 is 1.93 bits per heavy atom. The molecule has 1 aromatic heterocycles. The van der Waals surface area contributed by atoms with Gasteiger partial charge in [-0.25, -0.2) is 4.39 Å². The molecule has 4 rings (SSSR count). The van der Waals surface area contributed by atoms with E-state index < -0.39 is 0 Å². The fraction of sp³-hybridized carbons (Fsp3) is 0.273. The van der Waals surface area contributed by atoms with Crippen molar-refractivity contribution in [3.63, 3.8) is 0 Å². The molecule has 0 atom stereocenters. The Morgan fingerprint density at radius 3 is 2.64 bits per heavy atom. The maximum atomic E-state index is 13.9. The van der Waals surface area contributed by atoms with Crippen LogP contribution in [0.3, 0.4) is 0 Å². The van der Waals surface area contributed by atoms with Gasteiger partial charge in [0.05, 0.1) is 16.8 Å². The Balaban J connectivity index is 1.70. The van der Waals surface area contributed by atoms with Gasteiger partial charge in [0.25, 0.3) is 5.91 Å². The average molecular weight is 396 g/mol. The molecular weight excluding hydrogens is 373 g/mol. The van der Waals surface area contributed by atoms with Crippen LogP contribution in [0, 0.1) is 5.82 Å². The quantitative estimate of drug-likeness (QED) is 0.621. The van der Waals surface area contributed by atoms with E-state index >= 15 is 0 Å². The van der Waals surface area contributed by atoms with Crippen LogP contribution in [0.5, 0.6) is 0 Å². The normalized spacial score (nSPS) is 13.9. The predicted octanol–water partition coefficient (Wildman–Crippen LogP) is 4.94. The van der Waals surface area contributed by atoms with Crippen molar-refractivity contribution in [3.05, 3.63) is 65.6 Å². The number of likely N-dealkylation sites (tertiary alicyclic amines) is 1. The SMILES string of the molecule is CSc1ccc(CNc2c(C(=O)N3CCCC3)cnc3ccc(F)cc23)cc1. The highest BCUT2D eigenvalue weighted by molar-refractivity contribution is 7.98. The molecule has 1 fully saturated rings. The average Bonchev–Trinajstić information content (AvgIpc) is 3.26. The highest BCUT2D eigenvalue weighted by Crippen LogP contribution is 2.29. The minimum atomic E-state index is -0.340. The van der Waals surface area contributed by atoms with Crippen LogP contribution in [-0.2, 0) is 6.54 Å². The molecule has 2 heterocycles. The number of pyridine rings is 1. The molecule has 6 heteroatoms. The van der Waals surface area contributed by atoms with Gasteiger partial charge in [-0.3, -0.25) is 9.78 Å². The molecule has 0 spiro atoms. The van der Waals surface area contributed by atoms with Crippen molar-refractivity contribution in [3.8, 4) is 0 Å². The van der Waals surface area contributed by atoms with E-state index in [2.05, 4.69) is 34.6 Å². The lowest BCUT2D eigenvalue weighted by Crippen LogP contribution is -2.28. The first kappa shape index (κ1) is 18.7. The molecule has 3 aromatic rings. The van der Waals surface area contributed by atoms with E-state index in [9.17, 15) is 9.18 Å². The summed E-state index contributed by atoms with van der Waals surface area (Å²) in [5.74, 6) is -0.385. The number of rotatable bonds is 5. The van der Waals surface area contributed by atoms with Crippen molar-refractivity contribution in [1.29, 1.82) is 0 Å². The number of amides is 1. The maximum Gasteiger partial charge on any atom is 0.257 e. The fourth-order valence-electron chi connectivity index (χ4n) is 3.54. The third-order valence-corrected chi connectivity index (χ3v) is 5.83. The maximum absolute atomic E-state index is 13.9. The molecule has 1 aliphatic heterocycles. The van der Waals surface area contributed by atoms with Crippen molar-refractivity contribution >= 4 is 34.3 Å². The molecule has 0 bridgehead atoms. The lowest BCUT2D eigenvalue weighted by molar-refractivity contribution is 0.0793. The third kappa shape index (κ3) is 3.83. The zero-order chi connectivity index (χ0) is 19.5. The third-order valence-electron chi connectivity index (χ3n) is 5.08. The lowest BCUT2D eigenvalue weighted by Gasteiger charge is -2.19. The van der Waals surface area contributed by atoms with Gasteiger partial charge in [-0.05, 0) is 55.0 Å². The number of nitrogens with zero attached hydrogens (tertiary/aromatic N) is 2. The summed E-state index contributed by atoms with van der Waals surface area (Å²) in [5.41, 5.74) is 2.91. The van der Waals surface area contributed by atoms with E-state index in [1.165, 1.54) is 17.0 Å². The van der Waals surface area contributed by atoms with E-state index in [1.807, 2.05) is 11.2 Å². The van der Waals surface area contributed by atoms with Crippen LogP contribution in [0.2, 0.25) is 0 Å². The Morgan fingerprint density at radius 1 is 1.18 bits per heavy atom. The molecule has 1 saturated heterocycles. The summed E-state index contributed by atoms with van der Waals surface area (Å²) in [6, 6.07) is 12.7. The number of anilines is 1. The number of benzene rings is 2. The van der Waals surface area contributed by atoms with Gasteiger partial charge >= 0.3 is 0 Å². The van der Waals surface area contributed by atoms with E-state index in [1.54, 1.807) is 24.0 Å². The van der Waals surface area contributed by atoms with E-state index in [-0.39, 0.29) is 11.7 Å². The summed E-state index contributed by atoms with van der Waals surface area (Å²) in [7, 11) is 0. The van der Waals surface area contributed by atoms with Crippen LogP contribution in [0.15, 0.2) is 53.6 Å². The number of carbonyl (C=O) groups excluding carboxylic acids is 1. The second-order valence-corrected chi connectivity index (χ2v) is 7.79. The fourth-order valence-corrected chi connectivity index (χ4v) is 3.95. The first-order chi connectivity index (χ1) is 13.7. The number of aromatic nitrogens is 1. The lowest BCUT2D eigenvalue weighted by atomic mass is 10.1. The van der Waals surface area contributed by atoms with Crippen molar-refractivity contribution in [1.82, 2.24) is 9.88 Å². The van der Waals surface area contributed by atoms with Crippen LogP contribution in [0.25, 0.3) is 10.9 Å². The zero-order valence-electron chi connectivity index (χ0n) is 15.7. The smallest absolute Gasteiger partial charge is 0.257 e. The monoisotopic (exact) mass is 395 g/mol. The Kier molecular flexibility index (Phi) is 5.48. The van der Waals surface area contributed by atoms with Crippen LogP contribution >= 0.6 is 11.8 Å². The first-order valence-electron chi connectivity index (χ1n) is 9.40. The molecule has 1 amide bonds. The molecule has 144 valence electrons. The number of hydrogen-bond acceptors (Lipinski definition) is 4. The van der Waals surface area contributed by atoms with Crippen LogP contribution < -0.4 is 5.32 Å². The minimum Gasteiger partial charge on any atom is -0.380 e. The van der Waals surface area contributed by atoms with Gasteiger partial charge in [0.15, 0.2) is 0 Å². The Bertz CT molecular complexity index is 1000. The molecule has 0 aliphatic carbocycles. The first-order valence-corrected chi connectivity index (χ1v) is 10.6. The molecule has 0 unspecified atom stereocenters. The van der Waals surface area contributed by atoms with Gasteiger partial charge in [-0.15, -0.1) is 11.8 Å². The van der Waals surface area contributed by atoms with Crippen molar-refractivity contribution in [2.24, 2.45) is 0 Å². The summed E-state index contributed by atoms with van der Waals surface area (Å²) in [6.45, 7) is 2.07. The topological polar surface area (TPSA) is 45.2 Å². The van der Waals surface area contributed by atoms with Gasteiger partial charge in [0.1, 0.15) is 5.82 Å². The van der Waals surface area contributed by atoms with Gasteiger partial charge in [-0.1, -0.05) is 12.1 Å². The largest absolute Gasteiger partial charge is 0.380 e. The second kappa shape index (κ2) is 8.19. The van der Waals surface area contributed by atoms with E-state index in [4.69, 9.17) is 0 Å². The van der Waals surface area contributed by atoms with Gasteiger partial charge in [-0.2, -0.15) is 0 Å². The number of hydrogen-bond donors (Lipinski definition) is 1. The minimum absolute atomic E-state index is 0.0450. The second-order valence-electron chi connectivity index (χ2n) is 6.91. The molecule has 4 nitrogen and oxygen atoms in total. The zero-order valence-corrected chi connectivity index (χ0v) is 16.6. The Labute approximate surface area is 168 Å². The number of nitrogens with one attached hydrogen (secondary N) is 1. The molecule has 28 heavy (non-hydrogen) atoms. The summed E-state index contributed by atoms with van der Waals surface area (Å²) in [5, 5.41) is 4.01. The molecule has 1 aliphatic rings. The van der Waals surface area contributed by atoms with Crippen molar-refractivity contribution < 1.29 is 9.18 Å². The van der Waals surface area contributed by atoms with Gasteiger partial charge in [0.2, 0.25) is 0 Å². The van der Waals surface area contributed by atoms with Gasteiger partial charge < -0.3 is 10.2 Å². The van der Waals surface area contributed by atoms with Crippen molar-refractivity contribution in [2.45, 2.75) is 24.3 Å². The molecule has 0 saturated carbocycles. The molecule has 2 aromatic carbocycles. The number of fused-ring (bicyclic) bond motifs is 1. The summed E-state index contributed by atoms with van der Waals surface area (Å²) in [6.07, 6.45) is 5.69. The molecule has 0 radical (unpaired) electrons. The number of thioether (sulfide) groups is 1. The highest BCUT2D eigenvalue weighted by atomic mass is 32.2. The highest BCUT2D eigenvalue weighted by Gasteiger charge is 2.23. The number of halogens is 1. The van der Waals surface area contributed by atoms with Crippen LogP contribution in [0.4, 0.5) is 10.1 Å². The van der Waals surface area contributed by atoms with Crippen molar-refractivity contribution in [2.75, 3.05) is 24.7 Å². The Hall–Kier alpha value is -2.60. The molecule has 1 N–H and O–H groups in total. The van der Waals surface area contributed by atoms with Crippen LogP contribution in [-0.4, -0.2) is 35.1 Å². The summed E-state index contributed by atoms with van der Waals surface area (Å²) >= 11 is 1.70. The predicted molar refractivity (Wildman–Crippen MR) is 112 cm³/mol. The summed E-state index contributed by atoms with van der Waals surface area (Å²) in [4.78, 5) is 20.5.